The van der Waals surface area contributed by atoms with Crippen LogP contribution in [0.15, 0.2) is 0 Å². The summed E-state index contributed by atoms with van der Waals surface area (Å²) in [4.78, 5) is 37.4. The number of carbonyl (C=O) groups is 3. The number of hydrogen-bond acceptors (Lipinski definition) is 4. The maximum absolute atomic E-state index is 12.4. The van der Waals surface area contributed by atoms with E-state index in [9.17, 15) is 14.4 Å². The van der Waals surface area contributed by atoms with Crippen molar-refractivity contribution >= 4 is 17.8 Å². The summed E-state index contributed by atoms with van der Waals surface area (Å²) in [7, 11) is 0. The summed E-state index contributed by atoms with van der Waals surface area (Å²) in [5, 5.41) is 8.83. The van der Waals surface area contributed by atoms with Gasteiger partial charge in [-0.2, -0.15) is 0 Å². The van der Waals surface area contributed by atoms with Crippen molar-refractivity contribution in [3.05, 3.63) is 0 Å². The quantitative estimate of drug-likeness (QED) is 0.592. The molecule has 0 bridgehead atoms. The van der Waals surface area contributed by atoms with E-state index in [-0.39, 0.29) is 36.9 Å². The minimum Gasteiger partial charge on any atom is -0.354 e. The molecule has 1 spiro atoms. The van der Waals surface area contributed by atoms with Crippen molar-refractivity contribution in [3.8, 4) is 0 Å². The van der Waals surface area contributed by atoms with Gasteiger partial charge in [-0.15, -0.1) is 0 Å². The first-order valence-electron chi connectivity index (χ1n) is 8.12. The van der Waals surface area contributed by atoms with Crippen LogP contribution in [0.3, 0.4) is 0 Å². The summed E-state index contributed by atoms with van der Waals surface area (Å²) in [6, 6.07) is -0.159. The predicted molar refractivity (Wildman–Crippen MR) is 82.2 cm³/mol. The van der Waals surface area contributed by atoms with Crippen LogP contribution in [0.1, 0.15) is 46.0 Å². The minimum absolute atomic E-state index is 0.141. The Hall–Kier alpha value is -1.63. The van der Waals surface area contributed by atoms with Crippen LogP contribution < -0.4 is 16.0 Å². The molecule has 0 aromatic heterocycles. The van der Waals surface area contributed by atoms with Gasteiger partial charge in [0.15, 0.2) is 0 Å². The van der Waals surface area contributed by atoms with Gasteiger partial charge in [0.25, 0.3) is 5.91 Å². The lowest BCUT2D eigenvalue weighted by Crippen LogP contribution is -2.44. The lowest BCUT2D eigenvalue weighted by Gasteiger charge is -2.20. The molecule has 2 fully saturated rings. The molecule has 0 aromatic rings. The fourth-order valence-electron chi connectivity index (χ4n) is 3.19. The summed E-state index contributed by atoms with van der Waals surface area (Å²) in [5.41, 5.74) is -0.687. The third-order valence-corrected chi connectivity index (χ3v) is 4.42. The number of carbonyl (C=O) groups excluding carboxylic acids is 3. The van der Waals surface area contributed by atoms with Crippen LogP contribution in [0.2, 0.25) is 0 Å². The molecule has 1 heterocycles. The zero-order valence-electron chi connectivity index (χ0n) is 13.4. The summed E-state index contributed by atoms with van der Waals surface area (Å²) < 4.78 is 0. The highest BCUT2D eigenvalue weighted by molar-refractivity contribution is 6.07. The second-order valence-electron chi connectivity index (χ2n) is 6.19. The van der Waals surface area contributed by atoms with Gasteiger partial charge in [0.1, 0.15) is 5.54 Å². The Morgan fingerprint density at radius 2 is 2.05 bits per heavy atom. The molecule has 1 atom stereocenters. The third-order valence-electron chi connectivity index (χ3n) is 4.42. The molecule has 4 amide bonds. The van der Waals surface area contributed by atoms with Gasteiger partial charge in [0, 0.05) is 25.6 Å². The highest BCUT2D eigenvalue weighted by Gasteiger charge is 2.52. The Morgan fingerprint density at radius 1 is 1.36 bits per heavy atom. The molecule has 7 heteroatoms. The van der Waals surface area contributed by atoms with E-state index in [2.05, 4.69) is 16.0 Å². The monoisotopic (exact) mass is 310 g/mol. The maximum atomic E-state index is 12.4. The zero-order valence-corrected chi connectivity index (χ0v) is 13.4. The van der Waals surface area contributed by atoms with Crippen molar-refractivity contribution in [2.75, 3.05) is 19.6 Å². The largest absolute Gasteiger partial charge is 0.354 e. The van der Waals surface area contributed by atoms with Crippen LogP contribution in [0.5, 0.6) is 0 Å². The second-order valence-corrected chi connectivity index (χ2v) is 6.19. The van der Waals surface area contributed by atoms with E-state index >= 15 is 0 Å². The van der Waals surface area contributed by atoms with E-state index < -0.39 is 5.54 Å². The molecule has 1 saturated heterocycles. The molecule has 3 N–H and O–H groups in total. The van der Waals surface area contributed by atoms with Crippen molar-refractivity contribution in [2.24, 2.45) is 0 Å². The molecule has 1 aliphatic carbocycles. The van der Waals surface area contributed by atoms with E-state index in [4.69, 9.17) is 0 Å². The number of rotatable bonds is 7. The van der Waals surface area contributed by atoms with Crippen LogP contribution in [-0.2, 0) is 9.59 Å². The van der Waals surface area contributed by atoms with Gasteiger partial charge in [-0.3, -0.25) is 14.5 Å². The Balaban J connectivity index is 1.78. The lowest BCUT2D eigenvalue weighted by molar-refractivity contribution is -0.131. The molecule has 124 valence electrons. The van der Waals surface area contributed by atoms with Crippen LogP contribution >= 0.6 is 0 Å². The Morgan fingerprint density at radius 3 is 2.68 bits per heavy atom. The minimum atomic E-state index is -0.687. The van der Waals surface area contributed by atoms with Gasteiger partial charge >= 0.3 is 6.03 Å². The molecule has 2 aliphatic rings. The number of imide groups is 1. The van der Waals surface area contributed by atoms with Gasteiger partial charge in [-0.1, -0.05) is 19.8 Å². The van der Waals surface area contributed by atoms with Crippen molar-refractivity contribution in [2.45, 2.75) is 57.5 Å². The van der Waals surface area contributed by atoms with Gasteiger partial charge in [0.05, 0.1) is 0 Å². The molecular weight excluding hydrogens is 284 g/mol. The molecule has 0 radical (unpaired) electrons. The third kappa shape index (κ3) is 3.58. The fraction of sp³-hybridized carbons (Fsp3) is 0.800. The summed E-state index contributed by atoms with van der Waals surface area (Å²) in [6.07, 6.45) is 3.49. The van der Waals surface area contributed by atoms with Crippen molar-refractivity contribution in [1.29, 1.82) is 0 Å². The molecule has 1 aliphatic heterocycles. The van der Waals surface area contributed by atoms with E-state index in [1.807, 2.05) is 13.8 Å². The Labute approximate surface area is 131 Å². The summed E-state index contributed by atoms with van der Waals surface area (Å²) in [5.74, 6) is -0.304. The number of likely N-dealkylation sites (N-methyl/N-ethyl adjacent to an activating group) is 1. The van der Waals surface area contributed by atoms with Gasteiger partial charge in [-0.25, -0.2) is 4.79 Å². The SMILES string of the molecule is CCN[C@H](C)CNC(=O)CCN1C(=O)NC2(CCCC2)C1=O. The Bertz CT molecular complexity index is 446. The number of nitrogens with zero attached hydrogens (tertiary/aromatic N) is 1. The second kappa shape index (κ2) is 7.09. The normalized spacial score (nSPS) is 21.3. The average Bonchev–Trinajstić information content (AvgIpc) is 3.03. The highest BCUT2D eigenvalue weighted by Crippen LogP contribution is 2.34. The first-order chi connectivity index (χ1) is 10.5. The standard InChI is InChI=1S/C15H26N4O3/c1-3-16-11(2)10-17-12(20)6-9-19-13(21)15(18-14(19)22)7-4-5-8-15/h11,16H,3-10H2,1-2H3,(H,17,20)(H,18,22)/t11-/m1/s1. The first kappa shape index (κ1) is 16.7. The number of urea groups is 1. The van der Waals surface area contributed by atoms with Crippen LogP contribution in [-0.4, -0.2) is 54.0 Å². The van der Waals surface area contributed by atoms with E-state index in [1.54, 1.807) is 0 Å². The van der Waals surface area contributed by atoms with Crippen LogP contribution in [0, 0.1) is 0 Å². The average molecular weight is 310 g/mol. The summed E-state index contributed by atoms with van der Waals surface area (Å²) in [6.45, 7) is 5.53. The molecule has 7 nitrogen and oxygen atoms in total. The molecule has 22 heavy (non-hydrogen) atoms. The highest BCUT2D eigenvalue weighted by atomic mass is 16.2. The molecule has 1 saturated carbocycles. The molecule has 0 unspecified atom stereocenters. The zero-order chi connectivity index (χ0) is 16.2. The lowest BCUT2D eigenvalue weighted by atomic mass is 9.98. The molecule has 0 aromatic carbocycles. The first-order valence-corrected chi connectivity index (χ1v) is 8.12. The van der Waals surface area contributed by atoms with Crippen molar-refractivity contribution in [1.82, 2.24) is 20.9 Å². The van der Waals surface area contributed by atoms with Gasteiger partial charge < -0.3 is 16.0 Å². The van der Waals surface area contributed by atoms with E-state index in [0.29, 0.717) is 19.4 Å². The van der Waals surface area contributed by atoms with Crippen LogP contribution in [0.4, 0.5) is 4.79 Å². The van der Waals surface area contributed by atoms with Crippen LogP contribution in [0.25, 0.3) is 0 Å². The van der Waals surface area contributed by atoms with Gasteiger partial charge in [-0.05, 0) is 26.3 Å². The predicted octanol–water partition coefficient (Wildman–Crippen LogP) is 0.355. The van der Waals surface area contributed by atoms with Crippen molar-refractivity contribution in [3.63, 3.8) is 0 Å². The van der Waals surface area contributed by atoms with Gasteiger partial charge in [0.2, 0.25) is 5.91 Å². The van der Waals surface area contributed by atoms with E-state index in [1.165, 1.54) is 4.90 Å². The molecular formula is C15H26N4O3. The van der Waals surface area contributed by atoms with E-state index in [0.717, 1.165) is 19.4 Å². The number of nitrogens with one attached hydrogen (secondary N) is 3. The topological polar surface area (TPSA) is 90.5 Å². The smallest absolute Gasteiger partial charge is 0.325 e. The number of amides is 4. The maximum Gasteiger partial charge on any atom is 0.325 e. The Kier molecular flexibility index (Phi) is 5.39. The number of hydrogen-bond donors (Lipinski definition) is 3. The molecule has 2 rings (SSSR count). The fourth-order valence-corrected chi connectivity index (χ4v) is 3.19. The van der Waals surface area contributed by atoms with Crippen molar-refractivity contribution < 1.29 is 14.4 Å². The summed E-state index contributed by atoms with van der Waals surface area (Å²) >= 11 is 0.